The summed E-state index contributed by atoms with van der Waals surface area (Å²) in [5.41, 5.74) is 1.00. The van der Waals surface area contributed by atoms with Crippen LogP contribution in [0.5, 0.6) is 0 Å². The summed E-state index contributed by atoms with van der Waals surface area (Å²) in [6.45, 7) is 7.45. The number of ether oxygens (including phenoxy) is 1. The van der Waals surface area contributed by atoms with Crippen molar-refractivity contribution in [3.8, 4) is 0 Å². The van der Waals surface area contributed by atoms with E-state index in [1.54, 1.807) is 17.0 Å². The first kappa shape index (κ1) is 20.5. The number of hydrogen-bond donors (Lipinski definition) is 2. The van der Waals surface area contributed by atoms with Gasteiger partial charge in [-0.2, -0.15) is 0 Å². The quantitative estimate of drug-likeness (QED) is 0.816. The first-order valence-corrected chi connectivity index (χ1v) is 10.7. The van der Waals surface area contributed by atoms with E-state index in [1.165, 1.54) is 0 Å². The fourth-order valence-corrected chi connectivity index (χ4v) is 3.42. The zero-order valence-corrected chi connectivity index (χ0v) is 16.7. The Kier molecular flexibility index (Phi) is 6.52. The van der Waals surface area contributed by atoms with Crippen molar-refractivity contribution in [1.29, 1.82) is 0 Å². The maximum absolute atomic E-state index is 12.1. The number of nitrogens with one attached hydrogen (secondary N) is 2. The molecule has 0 bridgehead atoms. The van der Waals surface area contributed by atoms with Crippen LogP contribution in [0.3, 0.4) is 0 Å². The van der Waals surface area contributed by atoms with Crippen molar-refractivity contribution in [2.45, 2.75) is 51.8 Å². The number of para-hydroxylation sites is 1. The predicted molar refractivity (Wildman–Crippen MR) is 103 cm³/mol. The van der Waals surface area contributed by atoms with E-state index in [1.807, 2.05) is 32.9 Å². The first-order chi connectivity index (χ1) is 12.0. The number of nitrogens with zero attached hydrogens (tertiary/aromatic N) is 1. The molecule has 1 aliphatic heterocycles. The third kappa shape index (κ3) is 6.84. The maximum Gasteiger partial charge on any atom is 0.410 e. The standard InChI is InChI=1S/C18H29N3O4S/c1-18(2,3)25-17(22)21-11-9-15(10-12-21)19-13-14-7-5-6-8-16(14)20-26(4,23)24/h5-8,15,19-20H,9-13H2,1-4H3. The molecule has 1 aromatic rings. The molecule has 0 atom stereocenters. The lowest BCUT2D eigenvalue weighted by Crippen LogP contribution is -2.46. The van der Waals surface area contributed by atoms with Gasteiger partial charge in [0.15, 0.2) is 0 Å². The van der Waals surface area contributed by atoms with Crippen LogP contribution in [-0.2, 0) is 21.3 Å². The molecule has 0 aliphatic carbocycles. The molecule has 146 valence electrons. The number of sulfonamides is 1. The normalized spacial score (nSPS) is 16.4. The minimum atomic E-state index is -3.31. The molecule has 0 unspecified atom stereocenters. The molecule has 7 nitrogen and oxygen atoms in total. The molecular weight excluding hydrogens is 354 g/mol. The molecular formula is C18H29N3O4S. The molecule has 1 heterocycles. The van der Waals surface area contributed by atoms with Gasteiger partial charge < -0.3 is 15.0 Å². The van der Waals surface area contributed by atoms with Crippen LogP contribution >= 0.6 is 0 Å². The van der Waals surface area contributed by atoms with Crippen LogP contribution in [0.4, 0.5) is 10.5 Å². The Morgan fingerprint density at radius 2 is 1.85 bits per heavy atom. The van der Waals surface area contributed by atoms with Crippen LogP contribution in [0.15, 0.2) is 24.3 Å². The van der Waals surface area contributed by atoms with E-state index in [4.69, 9.17) is 4.74 Å². The van der Waals surface area contributed by atoms with Crippen molar-refractivity contribution >= 4 is 21.8 Å². The number of benzene rings is 1. The Morgan fingerprint density at radius 3 is 2.42 bits per heavy atom. The summed E-state index contributed by atoms with van der Waals surface area (Å²) >= 11 is 0. The van der Waals surface area contributed by atoms with Gasteiger partial charge in [-0.05, 0) is 45.2 Å². The van der Waals surface area contributed by atoms with E-state index in [2.05, 4.69) is 10.0 Å². The van der Waals surface area contributed by atoms with E-state index >= 15 is 0 Å². The van der Waals surface area contributed by atoms with Gasteiger partial charge in [0.1, 0.15) is 5.60 Å². The molecule has 2 N–H and O–H groups in total. The maximum atomic E-state index is 12.1. The van der Waals surface area contributed by atoms with Gasteiger partial charge in [-0.1, -0.05) is 18.2 Å². The SMILES string of the molecule is CC(C)(C)OC(=O)N1CCC(NCc2ccccc2NS(C)(=O)=O)CC1. The lowest BCUT2D eigenvalue weighted by Gasteiger charge is -2.34. The fraction of sp³-hybridized carbons (Fsp3) is 0.611. The van der Waals surface area contributed by atoms with Crippen molar-refractivity contribution in [3.63, 3.8) is 0 Å². The Morgan fingerprint density at radius 1 is 1.23 bits per heavy atom. The van der Waals surface area contributed by atoms with E-state index in [9.17, 15) is 13.2 Å². The van der Waals surface area contributed by atoms with Crippen molar-refractivity contribution in [3.05, 3.63) is 29.8 Å². The Bertz CT molecular complexity index is 720. The molecule has 1 fully saturated rings. The first-order valence-electron chi connectivity index (χ1n) is 8.80. The molecule has 0 saturated carbocycles. The van der Waals surface area contributed by atoms with Crippen LogP contribution in [0.1, 0.15) is 39.2 Å². The van der Waals surface area contributed by atoms with Crippen LogP contribution in [0.2, 0.25) is 0 Å². The summed E-state index contributed by atoms with van der Waals surface area (Å²) < 4.78 is 30.9. The fourth-order valence-electron chi connectivity index (χ4n) is 2.82. The highest BCUT2D eigenvalue weighted by Gasteiger charge is 2.26. The summed E-state index contributed by atoms with van der Waals surface area (Å²) in [4.78, 5) is 13.8. The highest BCUT2D eigenvalue weighted by molar-refractivity contribution is 7.92. The number of hydrogen-bond acceptors (Lipinski definition) is 5. The van der Waals surface area contributed by atoms with Gasteiger partial charge in [-0.25, -0.2) is 13.2 Å². The molecule has 1 amide bonds. The Labute approximate surface area is 156 Å². The largest absolute Gasteiger partial charge is 0.444 e. The Hall–Kier alpha value is -1.80. The number of carbonyl (C=O) groups excluding carboxylic acids is 1. The number of amides is 1. The van der Waals surface area contributed by atoms with E-state index in [-0.39, 0.29) is 12.1 Å². The predicted octanol–water partition coefficient (Wildman–Crippen LogP) is 2.55. The third-order valence-corrected chi connectivity index (χ3v) is 4.63. The molecule has 0 radical (unpaired) electrons. The van der Waals surface area contributed by atoms with Gasteiger partial charge in [0.05, 0.1) is 11.9 Å². The average molecular weight is 384 g/mol. The molecule has 0 aromatic heterocycles. The Balaban J connectivity index is 1.85. The van der Waals surface area contributed by atoms with Gasteiger partial charge >= 0.3 is 6.09 Å². The van der Waals surface area contributed by atoms with Crippen molar-refractivity contribution in [2.24, 2.45) is 0 Å². The zero-order chi connectivity index (χ0) is 19.4. The smallest absolute Gasteiger partial charge is 0.410 e. The van der Waals surface area contributed by atoms with Crippen molar-refractivity contribution < 1.29 is 17.9 Å². The van der Waals surface area contributed by atoms with Gasteiger partial charge in [0, 0.05) is 25.7 Å². The van der Waals surface area contributed by atoms with Crippen LogP contribution < -0.4 is 10.0 Å². The van der Waals surface area contributed by atoms with Gasteiger partial charge in [-0.3, -0.25) is 4.72 Å². The second kappa shape index (κ2) is 8.26. The molecule has 1 aromatic carbocycles. The molecule has 8 heteroatoms. The number of likely N-dealkylation sites (tertiary alicyclic amines) is 1. The number of piperidine rings is 1. The van der Waals surface area contributed by atoms with E-state index < -0.39 is 15.6 Å². The number of carbonyl (C=O) groups is 1. The van der Waals surface area contributed by atoms with Crippen LogP contribution in [-0.4, -0.2) is 50.4 Å². The molecule has 2 rings (SSSR count). The molecule has 0 spiro atoms. The van der Waals surface area contributed by atoms with Gasteiger partial charge in [0.25, 0.3) is 0 Å². The molecule has 26 heavy (non-hydrogen) atoms. The summed E-state index contributed by atoms with van der Waals surface area (Å²) in [5, 5.41) is 3.46. The number of rotatable bonds is 5. The monoisotopic (exact) mass is 383 g/mol. The zero-order valence-electron chi connectivity index (χ0n) is 15.9. The molecule has 1 aliphatic rings. The van der Waals surface area contributed by atoms with Crippen LogP contribution in [0.25, 0.3) is 0 Å². The van der Waals surface area contributed by atoms with Gasteiger partial charge in [0.2, 0.25) is 10.0 Å². The second-order valence-corrected chi connectivity index (χ2v) is 9.40. The summed E-state index contributed by atoms with van der Waals surface area (Å²) in [7, 11) is -3.31. The average Bonchev–Trinajstić information content (AvgIpc) is 2.51. The second-order valence-electron chi connectivity index (χ2n) is 7.65. The minimum Gasteiger partial charge on any atom is -0.444 e. The van der Waals surface area contributed by atoms with E-state index in [0.29, 0.717) is 25.3 Å². The van der Waals surface area contributed by atoms with Gasteiger partial charge in [-0.15, -0.1) is 0 Å². The lowest BCUT2D eigenvalue weighted by molar-refractivity contribution is 0.0198. The summed E-state index contributed by atoms with van der Waals surface area (Å²) in [6.07, 6.45) is 2.55. The molecule has 1 saturated heterocycles. The third-order valence-electron chi connectivity index (χ3n) is 4.04. The highest BCUT2D eigenvalue weighted by atomic mass is 32.2. The highest BCUT2D eigenvalue weighted by Crippen LogP contribution is 2.19. The van der Waals surface area contributed by atoms with Crippen LogP contribution in [0, 0.1) is 0 Å². The van der Waals surface area contributed by atoms with E-state index in [0.717, 1.165) is 24.7 Å². The minimum absolute atomic E-state index is 0.265. The number of anilines is 1. The lowest BCUT2D eigenvalue weighted by atomic mass is 10.0. The summed E-state index contributed by atoms with van der Waals surface area (Å²) in [6, 6.07) is 7.62. The van der Waals surface area contributed by atoms with Crippen molar-refractivity contribution in [2.75, 3.05) is 24.1 Å². The van der Waals surface area contributed by atoms with Crippen molar-refractivity contribution in [1.82, 2.24) is 10.2 Å². The topological polar surface area (TPSA) is 87.7 Å². The summed E-state index contributed by atoms with van der Waals surface area (Å²) in [5.74, 6) is 0.